The first-order chi connectivity index (χ1) is 27.8. The Balaban J connectivity index is 1.49. The van der Waals surface area contributed by atoms with Crippen molar-refractivity contribution in [1.82, 2.24) is 0 Å². The largest absolute Gasteiger partial charge is 0.504 e. The van der Waals surface area contributed by atoms with Crippen LogP contribution in [-0.4, -0.2) is 38.3 Å². The van der Waals surface area contributed by atoms with Gasteiger partial charge in [0.1, 0.15) is 16.8 Å². The van der Waals surface area contributed by atoms with Gasteiger partial charge in [0, 0.05) is 23.1 Å². The van der Waals surface area contributed by atoms with Crippen molar-refractivity contribution in [3.63, 3.8) is 0 Å². The summed E-state index contributed by atoms with van der Waals surface area (Å²) in [5, 5.41) is 35.4. The number of aromatic hydroxyl groups is 2. The minimum Gasteiger partial charge on any atom is -0.504 e. The van der Waals surface area contributed by atoms with E-state index in [1.165, 1.54) is 33.9 Å². The zero-order valence-electron chi connectivity index (χ0n) is 37.6. The summed E-state index contributed by atoms with van der Waals surface area (Å²) in [5.74, 6) is -5.18. The third kappa shape index (κ3) is 9.83. The lowest BCUT2D eigenvalue weighted by atomic mass is 9.60. The van der Waals surface area contributed by atoms with E-state index in [1.807, 2.05) is 39.8 Å². The number of benzene rings is 1. The topological polar surface area (TPSA) is 113 Å². The number of fused-ring (bicyclic) bond motifs is 10. The minimum atomic E-state index is -2.62. The van der Waals surface area contributed by atoms with Gasteiger partial charge in [0.05, 0.1) is 5.57 Å². The summed E-state index contributed by atoms with van der Waals surface area (Å²) < 4.78 is 12.8. The van der Waals surface area contributed by atoms with Crippen LogP contribution in [0.5, 0.6) is 17.2 Å². The molecule has 1 aromatic rings. The van der Waals surface area contributed by atoms with Crippen molar-refractivity contribution in [2.45, 2.75) is 176 Å². The highest BCUT2D eigenvalue weighted by atomic mass is 16.6. The van der Waals surface area contributed by atoms with Crippen molar-refractivity contribution in [2.75, 3.05) is 0 Å². The van der Waals surface area contributed by atoms with Crippen LogP contribution in [0, 0.1) is 5.92 Å². The van der Waals surface area contributed by atoms with Crippen LogP contribution < -0.4 is 4.74 Å². The predicted molar refractivity (Wildman–Crippen MR) is 238 cm³/mol. The number of carbonyl (C=O) groups is 2. The molecule has 1 spiro atoms. The van der Waals surface area contributed by atoms with Crippen molar-refractivity contribution in [3.05, 3.63) is 110 Å². The number of aliphatic hydroxyl groups is 1. The van der Waals surface area contributed by atoms with Crippen molar-refractivity contribution in [3.8, 4) is 17.2 Å². The number of ether oxygens (including phenoxy) is 2. The number of Topliss-reactive ketones (excluding diaryl/α,β-unsaturated/α-hetero) is 2. The zero-order chi connectivity index (χ0) is 43.3. The number of ketones is 2. The molecule has 320 valence electrons. The van der Waals surface area contributed by atoms with Gasteiger partial charge in [-0.15, -0.1) is 0 Å². The molecule has 1 aromatic carbocycles. The lowest BCUT2D eigenvalue weighted by Crippen LogP contribution is -2.64. The Labute approximate surface area is 354 Å². The van der Waals surface area contributed by atoms with E-state index in [9.17, 15) is 20.1 Å². The fourth-order valence-corrected chi connectivity index (χ4v) is 9.24. The highest BCUT2D eigenvalue weighted by Crippen LogP contribution is 2.62. The molecule has 3 aliphatic carbocycles. The molecule has 4 bridgehead atoms. The number of allylic oxidation sites excluding steroid dienone is 15. The van der Waals surface area contributed by atoms with Gasteiger partial charge < -0.3 is 24.8 Å². The average Bonchev–Trinajstić information content (AvgIpc) is 3.58. The molecule has 2 heterocycles. The van der Waals surface area contributed by atoms with Crippen LogP contribution >= 0.6 is 0 Å². The Bertz CT molecular complexity index is 2060. The second-order valence-corrected chi connectivity index (χ2v) is 18.6. The van der Waals surface area contributed by atoms with E-state index < -0.39 is 45.8 Å². The van der Waals surface area contributed by atoms with Crippen LogP contribution in [-0.2, 0) is 26.2 Å². The van der Waals surface area contributed by atoms with Crippen LogP contribution in [0.3, 0.4) is 0 Å². The lowest BCUT2D eigenvalue weighted by Gasteiger charge is -2.41. The first-order valence-corrected chi connectivity index (χ1v) is 21.9. The van der Waals surface area contributed by atoms with Gasteiger partial charge in [-0.25, -0.2) is 0 Å². The summed E-state index contributed by atoms with van der Waals surface area (Å²) in [7, 11) is 0. The second-order valence-electron chi connectivity index (χ2n) is 18.6. The Hall–Kier alpha value is -4.36. The molecule has 0 fully saturated rings. The van der Waals surface area contributed by atoms with Crippen LogP contribution in [0.15, 0.2) is 98.9 Å². The summed E-state index contributed by atoms with van der Waals surface area (Å²) in [6, 6.07) is 1.22. The van der Waals surface area contributed by atoms with E-state index in [4.69, 9.17) is 9.47 Å². The van der Waals surface area contributed by atoms with Crippen molar-refractivity contribution >= 4 is 11.6 Å². The number of rotatable bonds is 11. The monoisotopic (exact) mass is 807 g/mol. The van der Waals surface area contributed by atoms with Gasteiger partial charge in [0.25, 0.3) is 5.79 Å². The standard InChI is InChI=1S/C52H70O7/c1-33(2)16-11-17-34(3)18-12-19-35(4)20-13-23-37(6)26-28-40-45-43(32-42(53)46(40)54)58-52(57)48(55)44-41-29-27-38(7)24-14-21-36(5)22-15-25-39(8)30-31-51(45,52)49(56)47(44)59-50(41,9)10/h16,18,20,22,24,26,30,32,41,53-54,57H,11-15,17,19,21,23,25,27-29,31H2,1-10H3/b34-18+,35-20+,36-22+,37-26+,38-24+,39-30+/t41-,51+,52-/m1/s1. The lowest BCUT2D eigenvalue weighted by molar-refractivity contribution is -0.190. The SMILES string of the molecule is CC(C)=CCC/C(C)=C/CC/C(C)=C/CC/C(C)=C/Cc1c(O)c(O)cc2c1[C@@]13C/C=C(\C)CC/C=C(\C)CC/C=C(\C)CC[C@@H]4C(=C(OC4(C)C)C1=O)C(=O)[C@@]3(O)O2. The maximum absolute atomic E-state index is 15.4. The van der Waals surface area contributed by atoms with Gasteiger partial charge in [0.2, 0.25) is 11.6 Å². The molecule has 0 saturated heterocycles. The first kappa shape index (κ1) is 45.7. The van der Waals surface area contributed by atoms with Crippen molar-refractivity contribution < 1.29 is 34.4 Å². The van der Waals surface area contributed by atoms with E-state index in [0.717, 1.165) is 75.4 Å². The summed E-state index contributed by atoms with van der Waals surface area (Å²) in [6.45, 7) is 20.7. The molecule has 3 N–H and O–H groups in total. The fourth-order valence-electron chi connectivity index (χ4n) is 9.24. The van der Waals surface area contributed by atoms with Gasteiger partial charge in [-0.05, 0) is 159 Å². The molecular formula is C52H70O7. The number of hydrogen-bond donors (Lipinski definition) is 3. The first-order valence-electron chi connectivity index (χ1n) is 21.9. The van der Waals surface area contributed by atoms with E-state index >= 15 is 4.79 Å². The van der Waals surface area contributed by atoms with E-state index in [2.05, 4.69) is 71.9 Å². The Morgan fingerprint density at radius 1 is 0.746 bits per heavy atom. The van der Waals surface area contributed by atoms with Crippen LogP contribution in [0.25, 0.3) is 0 Å². The third-order valence-electron chi connectivity index (χ3n) is 13.0. The van der Waals surface area contributed by atoms with Gasteiger partial charge in [0.15, 0.2) is 17.3 Å². The van der Waals surface area contributed by atoms with E-state index in [0.29, 0.717) is 12.8 Å². The van der Waals surface area contributed by atoms with Crippen molar-refractivity contribution in [1.29, 1.82) is 0 Å². The molecule has 0 radical (unpaired) electrons. The molecule has 0 amide bonds. The normalized spacial score (nSPS) is 27.9. The second kappa shape index (κ2) is 18.9. The van der Waals surface area contributed by atoms with Gasteiger partial charge in [-0.2, -0.15) is 0 Å². The maximum Gasteiger partial charge on any atom is 0.290 e. The number of phenolic OH excluding ortho intramolecular Hbond substituents is 2. The van der Waals surface area contributed by atoms with Crippen LogP contribution in [0.2, 0.25) is 0 Å². The molecule has 3 atom stereocenters. The molecule has 6 rings (SSSR count). The maximum atomic E-state index is 15.4. The van der Waals surface area contributed by atoms with E-state index in [-0.39, 0.29) is 41.1 Å². The summed E-state index contributed by atoms with van der Waals surface area (Å²) in [5.41, 5.74) is 6.49. The summed E-state index contributed by atoms with van der Waals surface area (Å²) >= 11 is 0. The van der Waals surface area contributed by atoms with Gasteiger partial charge in [-0.1, -0.05) is 81.5 Å². The van der Waals surface area contributed by atoms with Gasteiger partial charge in [-0.3, -0.25) is 9.59 Å². The quantitative estimate of drug-likeness (QED) is 0.151. The molecule has 0 unspecified atom stereocenters. The van der Waals surface area contributed by atoms with E-state index in [1.54, 1.807) is 0 Å². The zero-order valence-corrected chi connectivity index (χ0v) is 37.6. The Kier molecular flexibility index (Phi) is 14.7. The molecule has 0 aromatic heterocycles. The average molecular weight is 807 g/mol. The molecular weight excluding hydrogens is 737 g/mol. The molecule has 5 aliphatic rings. The summed E-state index contributed by atoms with van der Waals surface area (Å²) in [4.78, 5) is 30.3. The summed E-state index contributed by atoms with van der Waals surface area (Å²) in [6.07, 6.45) is 25.9. The number of carbonyl (C=O) groups excluding carboxylic acids is 2. The molecule has 7 heteroatoms. The third-order valence-corrected chi connectivity index (χ3v) is 13.0. The Morgan fingerprint density at radius 3 is 1.88 bits per heavy atom. The van der Waals surface area contributed by atoms with Crippen LogP contribution in [0.4, 0.5) is 0 Å². The molecule has 59 heavy (non-hydrogen) atoms. The minimum absolute atomic E-state index is 0.0107. The van der Waals surface area contributed by atoms with Crippen LogP contribution in [0.1, 0.15) is 164 Å². The highest BCUT2D eigenvalue weighted by molar-refractivity contribution is 6.21. The number of phenols is 2. The smallest absolute Gasteiger partial charge is 0.290 e. The molecule has 0 saturated carbocycles. The number of hydrogen-bond acceptors (Lipinski definition) is 7. The van der Waals surface area contributed by atoms with Crippen molar-refractivity contribution in [2.24, 2.45) is 5.92 Å². The predicted octanol–water partition coefficient (Wildman–Crippen LogP) is 12.5. The molecule has 7 nitrogen and oxygen atoms in total. The highest BCUT2D eigenvalue weighted by Gasteiger charge is 2.75. The Morgan fingerprint density at radius 2 is 1.29 bits per heavy atom. The fraction of sp³-hybridized carbons (Fsp3) is 0.538. The molecule has 2 aliphatic heterocycles. The van der Waals surface area contributed by atoms with Gasteiger partial charge >= 0.3 is 0 Å².